The maximum atomic E-state index is 10.3. The lowest BCUT2D eigenvalue weighted by Crippen LogP contribution is -2.36. The third kappa shape index (κ3) is 6.65. The molecule has 1 atom stereocenters. The van der Waals surface area contributed by atoms with E-state index in [1.807, 2.05) is 13.8 Å². The van der Waals surface area contributed by atoms with E-state index in [9.17, 15) is 10.1 Å². The summed E-state index contributed by atoms with van der Waals surface area (Å²) in [6.07, 6.45) is -1.01. The van der Waals surface area contributed by atoms with Crippen molar-refractivity contribution in [2.24, 2.45) is 5.92 Å². The molecule has 0 aliphatic rings. The van der Waals surface area contributed by atoms with E-state index < -0.39 is 21.4 Å². The van der Waals surface area contributed by atoms with E-state index in [1.165, 1.54) is 0 Å². The van der Waals surface area contributed by atoms with Crippen molar-refractivity contribution in [3.8, 4) is 0 Å². The van der Waals surface area contributed by atoms with Crippen molar-refractivity contribution in [3.63, 3.8) is 0 Å². The lowest BCUT2D eigenvalue weighted by Gasteiger charge is -2.22. The third-order valence-corrected chi connectivity index (χ3v) is 2.04. The van der Waals surface area contributed by atoms with Crippen molar-refractivity contribution >= 4 is 34.8 Å². The van der Waals surface area contributed by atoms with Crippen molar-refractivity contribution in [3.05, 3.63) is 10.1 Å². The summed E-state index contributed by atoms with van der Waals surface area (Å²) >= 11 is 16.6. The van der Waals surface area contributed by atoms with Gasteiger partial charge in [0.1, 0.15) is 0 Å². The summed E-state index contributed by atoms with van der Waals surface area (Å²) in [6.45, 7) is 3.62. The largest absolute Gasteiger partial charge is 0.367 e. The zero-order valence-corrected chi connectivity index (χ0v) is 10.1. The maximum absolute atomic E-state index is 10.3. The summed E-state index contributed by atoms with van der Waals surface area (Å²) in [7, 11) is 0. The molecule has 14 heavy (non-hydrogen) atoms. The number of rotatable bonds is 5. The molecule has 0 heterocycles. The predicted octanol–water partition coefficient (Wildman–Crippen LogP) is 2.67. The van der Waals surface area contributed by atoms with Gasteiger partial charge in [-0.2, -0.15) is 0 Å². The van der Waals surface area contributed by atoms with Crippen LogP contribution in [0.4, 0.5) is 0 Å². The Kier molecular flexibility index (Phi) is 6.05. The fourth-order valence-corrected chi connectivity index (χ4v) is 1.09. The van der Waals surface area contributed by atoms with Gasteiger partial charge >= 0.3 is 0 Å². The Hall–Kier alpha value is 0.230. The zero-order chi connectivity index (χ0) is 11.4. The lowest BCUT2D eigenvalue weighted by atomic mass is 10.2. The molecule has 84 valence electrons. The van der Waals surface area contributed by atoms with Crippen molar-refractivity contribution in [2.75, 3.05) is 13.2 Å². The first-order chi connectivity index (χ1) is 6.23. The van der Waals surface area contributed by atoms with Crippen LogP contribution in [0.15, 0.2) is 0 Å². The Morgan fingerprint density at radius 3 is 2.21 bits per heavy atom. The number of ether oxygens (including phenoxy) is 1. The van der Waals surface area contributed by atoms with Gasteiger partial charge in [0.2, 0.25) is 10.3 Å². The molecule has 7 heteroatoms. The highest BCUT2D eigenvalue weighted by molar-refractivity contribution is 6.68. The summed E-state index contributed by atoms with van der Waals surface area (Å²) < 4.78 is 3.38. The minimum absolute atomic E-state index is 0.233. The first kappa shape index (κ1) is 14.2. The highest BCUT2D eigenvalue weighted by Crippen LogP contribution is 2.32. The monoisotopic (exact) mass is 263 g/mol. The summed E-state index contributed by atoms with van der Waals surface area (Å²) in [6, 6.07) is 0. The predicted molar refractivity (Wildman–Crippen MR) is 56.7 cm³/mol. The van der Waals surface area contributed by atoms with Crippen molar-refractivity contribution in [2.45, 2.75) is 23.7 Å². The molecule has 4 nitrogen and oxygen atoms in total. The van der Waals surface area contributed by atoms with Gasteiger partial charge in [0.15, 0.2) is 6.10 Å². The first-order valence-electron chi connectivity index (χ1n) is 4.03. The van der Waals surface area contributed by atoms with Gasteiger partial charge in [-0.05, 0) is 5.92 Å². The van der Waals surface area contributed by atoms with Crippen LogP contribution in [0.3, 0.4) is 0 Å². The van der Waals surface area contributed by atoms with E-state index in [4.69, 9.17) is 39.5 Å². The normalized spacial score (nSPS) is 14.4. The summed E-state index contributed by atoms with van der Waals surface area (Å²) in [5, 5.41) is 10.3. The topological polar surface area (TPSA) is 52.4 Å². The van der Waals surface area contributed by atoms with Gasteiger partial charge in [-0.3, -0.25) is 10.1 Å². The van der Waals surface area contributed by atoms with E-state index in [-0.39, 0.29) is 5.92 Å². The maximum Gasteiger partial charge on any atom is 0.233 e. The van der Waals surface area contributed by atoms with Gasteiger partial charge in [0.05, 0.1) is 0 Å². The molecule has 0 aromatic carbocycles. The van der Waals surface area contributed by atoms with E-state index in [0.29, 0.717) is 6.61 Å². The molecule has 0 N–H and O–H groups in total. The summed E-state index contributed by atoms with van der Waals surface area (Å²) in [4.78, 5) is 9.69. The van der Waals surface area contributed by atoms with Gasteiger partial charge in [0, 0.05) is 11.5 Å². The van der Waals surface area contributed by atoms with Crippen LogP contribution in [0, 0.1) is 16.0 Å². The molecule has 0 amide bonds. The van der Waals surface area contributed by atoms with Crippen LogP contribution < -0.4 is 0 Å². The second-order valence-electron chi connectivity index (χ2n) is 3.27. The molecule has 0 aliphatic heterocycles. The van der Waals surface area contributed by atoms with Crippen molar-refractivity contribution in [1.82, 2.24) is 0 Å². The number of nitrogens with zero attached hydrogens (tertiary/aromatic N) is 1. The fourth-order valence-electron chi connectivity index (χ4n) is 0.695. The Morgan fingerprint density at radius 1 is 1.43 bits per heavy atom. The third-order valence-electron chi connectivity index (χ3n) is 1.31. The number of halogens is 3. The molecule has 0 fully saturated rings. The Bertz CT molecular complexity index is 193. The molecule has 0 unspecified atom stereocenters. The standard InChI is InChI=1S/C7H12Cl3NO3/c1-5(2)4-14-6(3-11(12)13)7(8,9)10/h5-6H,3-4H2,1-2H3/t6-/m1/s1. The average Bonchev–Trinajstić information content (AvgIpc) is 1.94. The van der Waals surface area contributed by atoms with E-state index in [0.717, 1.165) is 0 Å². The van der Waals surface area contributed by atoms with Gasteiger partial charge in [0.25, 0.3) is 0 Å². The number of hydrogen-bond donors (Lipinski definition) is 0. The van der Waals surface area contributed by atoms with Crippen molar-refractivity contribution < 1.29 is 9.66 Å². The summed E-state index contributed by atoms with van der Waals surface area (Å²) in [5.41, 5.74) is 0. The number of alkyl halides is 3. The van der Waals surface area contributed by atoms with Crippen LogP contribution >= 0.6 is 34.8 Å². The minimum atomic E-state index is -1.76. The first-order valence-corrected chi connectivity index (χ1v) is 5.17. The van der Waals surface area contributed by atoms with Crippen LogP contribution in [0.25, 0.3) is 0 Å². The lowest BCUT2D eigenvalue weighted by molar-refractivity contribution is -0.491. The highest BCUT2D eigenvalue weighted by atomic mass is 35.6. The number of hydrogen-bond acceptors (Lipinski definition) is 3. The molecule has 0 spiro atoms. The van der Waals surface area contributed by atoms with Gasteiger partial charge in [-0.15, -0.1) is 0 Å². The second kappa shape index (κ2) is 5.95. The zero-order valence-electron chi connectivity index (χ0n) is 7.87. The van der Waals surface area contributed by atoms with Gasteiger partial charge in [-0.25, -0.2) is 0 Å². The molecule has 0 radical (unpaired) electrons. The smallest absolute Gasteiger partial charge is 0.233 e. The van der Waals surface area contributed by atoms with E-state index in [1.54, 1.807) is 0 Å². The Morgan fingerprint density at radius 2 is 1.93 bits per heavy atom. The molecule has 0 rings (SSSR count). The quantitative estimate of drug-likeness (QED) is 0.436. The molecular weight excluding hydrogens is 252 g/mol. The van der Waals surface area contributed by atoms with Crippen molar-refractivity contribution in [1.29, 1.82) is 0 Å². The molecular formula is C7H12Cl3NO3. The second-order valence-corrected chi connectivity index (χ2v) is 5.64. The molecule has 0 saturated carbocycles. The molecule has 0 saturated heterocycles. The van der Waals surface area contributed by atoms with Crippen LogP contribution in [0.5, 0.6) is 0 Å². The highest BCUT2D eigenvalue weighted by Gasteiger charge is 2.37. The molecule has 0 aromatic rings. The van der Waals surface area contributed by atoms with E-state index in [2.05, 4.69) is 0 Å². The number of nitro groups is 1. The SMILES string of the molecule is CC(C)CO[C@H](C[N+](=O)[O-])C(Cl)(Cl)Cl. The molecule has 0 aromatic heterocycles. The molecule has 0 aliphatic carbocycles. The van der Waals surface area contributed by atoms with E-state index >= 15 is 0 Å². The van der Waals surface area contributed by atoms with Gasteiger partial charge in [-0.1, -0.05) is 48.7 Å². The average molecular weight is 265 g/mol. The van der Waals surface area contributed by atoms with Crippen LogP contribution in [-0.4, -0.2) is 28.0 Å². The van der Waals surface area contributed by atoms with Crippen LogP contribution in [-0.2, 0) is 4.74 Å². The fraction of sp³-hybridized carbons (Fsp3) is 1.00. The van der Waals surface area contributed by atoms with Crippen LogP contribution in [0.1, 0.15) is 13.8 Å². The Balaban J connectivity index is 4.19. The minimum Gasteiger partial charge on any atom is -0.367 e. The Labute approximate surface area is 97.6 Å². The molecule has 0 bridgehead atoms. The van der Waals surface area contributed by atoms with Gasteiger partial charge < -0.3 is 4.74 Å². The summed E-state index contributed by atoms with van der Waals surface area (Å²) in [5.74, 6) is 0.233. The van der Waals surface area contributed by atoms with Crippen LogP contribution in [0.2, 0.25) is 0 Å².